The van der Waals surface area contributed by atoms with Crippen molar-refractivity contribution in [2.45, 2.75) is 9.92 Å². The van der Waals surface area contributed by atoms with Crippen LogP contribution < -0.4 is 11.3 Å². The minimum Gasteiger partial charge on any atom is -0.399 e. The van der Waals surface area contributed by atoms with E-state index in [-0.39, 0.29) is 15.6 Å². The molecule has 1 aromatic carbocycles. The molecule has 0 amide bonds. The van der Waals surface area contributed by atoms with Crippen molar-refractivity contribution >= 4 is 17.4 Å². The lowest BCUT2D eigenvalue weighted by Crippen LogP contribution is -2.18. The first-order valence-electron chi connectivity index (χ1n) is 4.93. The average molecular weight is 269 g/mol. The van der Waals surface area contributed by atoms with E-state index in [9.17, 15) is 13.6 Å². The van der Waals surface area contributed by atoms with Gasteiger partial charge in [-0.3, -0.25) is 4.79 Å². The van der Waals surface area contributed by atoms with E-state index in [1.807, 2.05) is 0 Å². The van der Waals surface area contributed by atoms with Crippen LogP contribution in [0.1, 0.15) is 0 Å². The lowest BCUT2D eigenvalue weighted by Gasteiger charge is -2.05. The third-order valence-corrected chi connectivity index (χ3v) is 3.27. The van der Waals surface area contributed by atoms with Crippen molar-refractivity contribution in [3.8, 4) is 0 Å². The zero-order chi connectivity index (χ0) is 13.3. The van der Waals surface area contributed by atoms with E-state index < -0.39 is 17.2 Å². The van der Waals surface area contributed by atoms with Crippen LogP contribution in [0.2, 0.25) is 0 Å². The summed E-state index contributed by atoms with van der Waals surface area (Å²) in [5.74, 6) is -1.63. The van der Waals surface area contributed by atoms with Crippen molar-refractivity contribution < 1.29 is 8.78 Å². The molecular weight excluding hydrogens is 260 g/mol. The number of anilines is 1. The number of benzene rings is 1. The van der Waals surface area contributed by atoms with E-state index in [1.54, 1.807) is 0 Å². The number of nitrogen functional groups attached to an aromatic ring is 1. The van der Waals surface area contributed by atoms with Crippen LogP contribution in [-0.4, -0.2) is 9.55 Å². The average Bonchev–Trinajstić information content (AvgIpc) is 2.28. The van der Waals surface area contributed by atoms with E-state index in [0.29, 0.717) is 11.8 Å². The molecule has 0 aliphatic rings. The Hall–Kier alpha value is -1.89. The number of halogens is 2. The van der Waals surface area contributed by atoms with Crippen LogP contribution in [0.15, 0.2) is 39.2 Å². The first-order valence-corrected chi connectivity index (χ1v) is 5.74. The van der Waals surface area contributed by atoms with Gasteiger partial charge in [-0.25, -0.2) is 13.8 Å². The number of hydrogen-bond acceptors (Lipinski definition) is 4. The van der Waals surface area contributed by atoms with Gasteiger partial charge in [-0.2, -0.15) is 0 Å². The summed E-state index contributed by atoms with van der Waals surface area (Å²) < 4.78 is 28.4. The Morgan fingerprint density at radius 2 is 1.94 bits per heavy atom. The van der Waals surface area contributed by atoms with Crippen LogP contribution in [-0.2, 0) is 7.05 Å². The maximum absolute atomic E-state index is 13.6. The van der Waals surface area contributed by atoms with Gasteiger partial charge in [0.2, 0.25) is 0 Å². The fraction of sp³-hybridized carbons (Fsp3) is 0.0909. The van der Waals surface area contributed by atoms with Crippen molar-refractivity contribution in [3.05, 3.63) is 46.5 Å². The number of rotatable bonds is 2. The quantitative estimate of drug-likeness (QED) is 0.844. The molecule has 94 valence electrons. The molecule has 1 heterocycles. The molecule has 0 spiro atoms. The van der Waals surface area contributed by atoms with Crippen molar-refractivity contribution in [2.75, 3.05) is 5.73 Å². The molecule has 0 atom stereocenters. The van der Waals surface area contributed by atoms with Crippen LogP contribution in [0, 0.1) is 11.6 Å². The summed E-state index contributed by atoms with van der Waals surface area (Å²) >= 11 is 0.640. The molecule has 2 N–H and O–H groups in total. The van der Waals surface area contributed by atoms with Gasteiger partial charge in [-0.05, 0) is 12.1 Å². The van der Waals surface area contributed by atoms with E-state index in [4.69, 9.17) is 5.73 Å². The van der Waals surface area contributed by atoms with E-state index in [0.717, 1.165) is 12.1 Å². The Morgan fingerprint density at radius 3 is 2.56 bits per heavy atom. The van der Waals surface area contributed by atoms with Gasteiger partial charge in [0, 0.05) is 25.1 Å². The fourth-order valence-corrected chi connectivity index (χ4v) is 2.17. The number of hydrogen-bond donors (Lipinski definition) is 1. The maximum Gasteiger partial charge on any atom is 0.283 e. The molecule has 2 aromatic rings. The number of nitrogens with two attached hydrogens (primary N) is 1. The van der Waals surface area contributed by atoms with Crippen LogP contribution in [0.4, 0.5) is 14.5 Å². The molecule has 0 radical (unpaired) electrons. The standard InChI is InChI=1S/C11H9F2N3OS/c1-16-3-2-15-10(11(16)17)18-9-7(12)4-6(14)5-8(9)13/h2-5H,14H2,1H3. The van der Waals surface area contributed by atoms with Crippen molar-refractivity contribution in [1.82, 2.24) is 9.55 Å². The number of nitrogens with zero attached hydrogens (tertiary/aromatic N) is 2. The lowest BCUT2D eigenvalue weighted by molar-refractivity contribution is 0.541. The molecule has 1 aromatic heterocycles. The molecule has 0 aliphatic carbocycles. The molecule has 2 rings (SSSR count). The highest BCUT2D eigenvalue weighted by molar-refractivity contribution is 7.99. The Bertz CT molecular complexity index is 634. The second kappa shape index (κ2) is 4.77. The molecule has 0 fully saturated rings. The van der Waals surface area contributed by atoms with Gasteiger partial charge in [0.25, 0.3) is 5.56 Å². The fourth-order valence-electron chi connectivity index (χ4n) is 1.32. The topological polar surface area (TPSA) is 60.9 Å². The maximum atomic E-state index is 13.6. The second-order valence-electron chi connectivity index (χ2n) is 3.56. The molecule has 0 unspecified atom stereocenters. The van der Waals surface area contributed by atoms with Crippen LogP contribution in [0.3, 0.4) is 0 Å². The highest BCUT2D eigenvalue weighted by atomic mass is 32.2. The Labute approximate surface area is 105 Å². The van der Waals surface area contributed by atoms with Gasteiger partial charge >= 0.3 is 0 Å². The highest BCUT2D eigenvalue weighted by Crippen LogP contribution is 2.30. The van der Waals surface area contributed by atoms with Crippen LogP contribution >= 0.6 is 11.8 Å². The van der Waals surface area contributed by atoms with Crippen molar-refractivity contribution in [1.29, 1.82) is 0 Å². The van der Waals surface area contributed by atoms with Crippen LogP contribution in [0.25, 0.3) is 0 Å². The van der Waals surface area contributed by atoms with Gasteiger partial charge in [0.05, 0.1) is 4.90 Å². The predicted octanol–water partition coefficient (Wildman–Crippen LogP) is 1.79. The van der Waals surface area contributed by atoms with Gasteiger partial charge in [0.1, 0.15) is 11.6 Å². The van der Waals surface area contributed by atoms with E-state index in [2.05, 4.69) is 4.98 Å². The Balaban J connectivity index is 2.47. The third-order valence-electron chi connectivity index (χ3n) is 2.20. The summed E-state index contributed by atoms with van der Waals surface area (Å²) in [4.78, 5) is 15.2. The van der Waals surface area contributed by atoms with Crippen molar-refractivity contribution in [2.24, 2.45) is 7.05 Å². The summed E-state index contributed by atoms with van der Waals surface area (Å²) in [7, 11) is 1.53. The van der Waals surface area contributed by atoms with Crippen molar-refractivity contribution in [3.63, 3.8) is 0 Å². The summed E-state index contributed by atoms with van der Waals surface area (Å²) in [6.45, 7) is 0. The number of aromatic nitrogens is 2. The summed E-state index contributed by atoms with van der Waals surface area (Å²) in [6, 6.07) is 2.00. The third kappa shape index (κ3) is 2.35. The van der Waals surface area contributed by atoms with Gasteiger partial charge in [-0.15, -0.1) is 0 Å². The Kier molecular flexibility index (Phi) is 3.33. The zero-order valence-corrected chi connectivity index (χ0v) is 10.2. The van der Waals surface area contributed by atoms with Crippen LogP contribution in [0.5, 0.6) is 0 Å². The molecule has 0 bridgehead atoms. The molecule has 0 saturated carbocycles. The zero-order valence-electron chi connectivity index (χ0n) is 9.35. The molecular formula is C11H9F2N3OS. The largest absolute Gasteiger partial charge is 0.399 e. The molecule has 7 heteroatoms. The predicted molar refractivity (Wildman–Crippen MR) is 64.4 cm³/mol. The molecule has 4 nitrogen and oxygen atoms in total. The minimum atomic E-state index is -0.815. The second-order valence-corrected chi connectivity index (χ2v) is 4.56. The summed E-state index contributed by atoms with van der Waals surface area (Å²) in [5, 5.41) is 0.00238. The molecule has 18 heavy (non-hydrogen) atoms. The molecule has 0 aliphatic heterocycles. The normalized spacial score (nSPS) is 10.6. The minimum absolute atomic E-state index is 0.00238. The summed E-state index contributed by atoms with van der Waals surface area (Å²) in [5.41, 5.74) is 4.88. The van der Waals surface area contributed by atoms with Gasteiger partial charge in [-0.1, -0.05) is 11.8 Å². The Morgan fingerprint density at radius 1 is 1.33 bits per heavy atom. The monoisotopic (exact) mass is 269 g/mol. The summed E-state index contributed by atoms with van der Waals surface area (Å²) in [6.07, 6.45) is 2.85. The van der Waals surface area contributed by atoms with E-state index in [1.165, 1.54) is 24.0 Å². The van der Waals surface area contributed by atoms with Gasteiger partial charge in [0.15, 0.2) is 5.03 Å². The first kappa shape index (κ1) is 12.6. The smallest absolute Gasteiger partial charge is 0.283 e. The lowest BCUT2D eigenvalue weighted by atomic mass is 10.3. The molecule has 0 saturated heterocycles. The van der Waals surface area contributed by atoms with Gasteiger partial charge < -0.3 is 10.3 Å². The van der Waals surface area contributed by atoms with E-state index >= 15 is 0 Å². The SMILES string of the molecule is Cn1ccnc(Sc2c(F)cc(N)cc2F)c1=O. The highest BCUT2D eigenvalue weighted by Gasteiger charge is 2.15. The first-order chi connectivity index (χ1) is 8.49. The number of aryl methyl sites for hydroxylation is 1.